The van der Waals surface area contributed by atoms with Gasteiger partial charge in [0.2, 0.25) is 0 Å². The molecular formula is C19H22ClFN2O3. The van der Waals surface area contributed by atoms with Crippen molar-refractivity contribution in [2.45, 2.75) is 19.9 Å². The molecule has 0 atom stereocenters. The predicted molar refractivity (Wildman–Crippen MR) is 99.1 cm³/mol. The zero-order chi connectivity index (χ0) is 18.9. The van der Waals surface area contributed by atoms with E-state index in [1.165, 1.54) is 12.1 Å². The van der Waals surface area contributed by atoms with Crippen molar-refractivity contribution in [2.24, 2.45) is 5.73 Å². The molecule has 0 spiro atoms. The van der Waals surface area contributed by atoms with Gasteiger partial charge in [0.05, 0.1) is 11.6 Å². The number of hydrogen-bond donors (Lipinski definition) is 2. The van der Waals surface area contributed by atoms with Gasteiger partial charge in [0.25, 0.3) is 5.91 Å². The quantitative estimate of drug-likeness (QED) is 0.621. The lowest BCUT2D eigenvalue weighted by molar-refractivity contribution is -0.119. The molecule has 0 saturated heterocycles. The summed E-state index contributed by atoms with van der Waals surface area (Å²) in [5.74, 6) is -0.0486. The Balaban J connectivity index is 1.95. The Labute approximate surface area is 157 Å². The van der Waals surface area contributed by atoms with Gasteiger partial charge in [-0.15, -0.1) is 0 Å². The van der Waals surface area contributed by atoms with Crippen molar-refractivity contribution in [3.63, 3.8) is 0 Å². The minimum Gasteiger partial charge on any atom is -0.490 e. The van der Waals surface area contributed by atoms with E-state index in [2.05, 4.69) is 5.32 Å². The Morgan fingerprint density at radius 3 is 2.58 bits per heavy atom. The molecule has 0 heterocycles. The van der Waals surface area contributed by atoms with Crippen LogP contribution in [0.1, 0.15) is 18.1 Å². The molecule has 1 amide bonds. The number of amides is 1. The molecule has 0 fully saturated rings. The number of rotatable bonds is 10. The highest BCUT2D eigenvalue weighted by Gasteiger charge is 2.13. The average Bonchev–Trinajstić information content (AvgIpc) is 2.59. The molecule has 140 valence electrons. The summed E-state index contributed by atoms with van der Waals surface area (Å²) in [6.45, 7) is 3.32. The van der Waals surface area contributed by atoms with Gasteiger partial charge in [-0.05, 0) is 55.3 Å². The summed E-state index contributed by atoms with van der Waals surface area (Å²) in [5.41, 5.74) is 7.08. The van der Waals surface area contributed by atoms with E-state index in [4.69, 9.17) is 26.8 Å². The fraction of sp³-hybridized carbons (Fsp3) is 0.316. The van der Waals surface area contributed by atoms with Crippen molar-refractivity contribution in [2.75, 3.05) is 19.8 Å². The number of carbonyl (C=O) groups excluding carboxylic acids is 1. The van der Waals surface area contributed by atoms with Crippen LogP contribution in [-0.4, -0.2) is 25.7 Å². The molecule has 3 N–H and O–H groups in total. The zero-order valence-electron chi connectivity index (χ0n) is 14.6. The third kappa shape index (κ3) is 6.20. The van der Waals surface area contributed by atoms with Crippen LogP contribution in [0.4, 0.5) is 4.39 Å². The van der Waals surface area contributed by atoms with Crippen LogP contribution in [0.15, 0.2) is 36.4 Å². The molecule has 2 rings (SSSR count). The molecule has 0 aliphatic heterocycles. The standard InChI is InChI=1S/C19H22ClFN2O3/c1-2-25-17-10-14(9-16(20)19(17)26-12-18(22)24)11-23-8-7-13-3-5-15(21)6-4-13/h3-6,9-10,23H,2,7-8,11-12H2,1H3,(H2,22,24). The third-order valence-electron chi connectivity index (χ3n) is 3.56. The Hall–Kier alpha value is -2.31. The highest BCUT2D eigenvalue weighted by Crippen LogP contribution is 2.36. The maximum absolute atomic E-state index is 12.9. The normalized spacial score (nSPS) is 10.6. The van der Waals surface area contributed by atoms with Crippen LogP contribution in [-0.2, 0) is 17.8 Å². The fourth-order valence-corrected chi connectivity index (χ4v) is 2.67. The number of halogens is 2. The van der Waals surface area contributed by atoms with Crippen LogP contribution in [0.3, 0.4) is 0 Å². The maximum Gasteiger partial charge on any atom is 0.255 e. The van der Waals surface area contributed by atoms with Gasteiger partial charge >= 0.3 is 0 Å². The SMILES string of the molecule is CCOc1cc(CNCCc2ccc(F)cc2)cc(Cl)c1OCC(N)=O. The summed E-state index contributed by atoms with van der Waals surface area (Å²) in [4.78, 5) is 10.9. The van der Waals surface area contributed by atoms with E-state index < -0.39 is 5.91 Å². The van der Waals surface area contributed by atoms with E-state index in [1.807, 2.05) is 13.0 Å². The van der Waals surface area contributed by atoms with Gasteiger partial charge in [0, 0.05) is 6.54 Å². The summed E-state index contributed by atoms with van der Waals surface area (Å²) in [7, 11) is 0. The van der Waals surface area contributed by atoms with E-state index in [9.17, 15) is 9.18 Å². The molecule has 0 unspecified atom stereocenters. The van der Waals surface area contributed by atoms with Crippen LogP contribution in [0, 0.1) is 5.82 Å². The largest absolute Gasteiger partial charge is 0.490 e. The lowest BCUT2D eigenvalue weighted by Gasteiger charge is -2.15. The van der Waals surface area contributed by atoms with Crippen molar-refractivity contribution in [1.29, 1.82) is 0 Å². The first-order chi connectivity index (χ1) is 12.5. The fourth-order valence-electron chi connectivity index (χ4n) is 2.39. The highest BCUT2D eigenvalue weighted by molar-refractivity contribution is 6.32. The molecule has 2 aromatic carbocycles. The Bertz CT molecular complexity index is 738. The van der Waals surface area contributed by atoms with Crippen molar-refractivity contribution < 1.29 is 18.7 Å². The molecule has 0 aliphatic carbocycles. The van der Waals surface area contributed by atoms with Gasteiger partial charge < -0.3 is 20.5 Å². The lowest BCUT2D eigenvalue weighted by atomic mass is 10.1. The molecule has 0 saturated carbocycles. The molecule has 0 aliphatic rings. The summed E-state index contributed by atoms with van der Waals surface area (Å²) in [5, 5.41) is 3.66. The van der Waals surface area contributed by atoms with Gasteiger partial charge in [0.1, 0.15) is 5.82 Å². The molecule has 26 heavy (non-hydrogen) atoms. The maximum atomic E-state index is 12.9. The average molecular weight is 381 g/mol. The van der Waals surface area contributed by atoms with Crippen LogP contribution >= 0.6 is 11.6 Å². The third-order valence-corrected chi connectivity index (χ3v) is 3.84. The number of carbonyl (C=O) groups is 1. The van der Waals surface area contributed by atoms with E-state index in [0.29, 0.717) is 29.7 Å². The minimum atomic E-state index is -0.588. The van der Waals surface area contributed by atoms with Gasteiger partial charge in [-0.2, -0.15) is 0 Å². The van der Waals surface area contributed by atoms with Gasteiger partial charge in [0.15, 0.2) is 18.1 Å². The zero-order valence-corrected chi connectivity index (χ0v) is 15.3. The van der Waals surface area contributed by atoms with Crippen molar-refractivity contribution in [3.8, 4) is 11.5 Å². The predicted octanol–water partition coefficient (Wildman–Crippen LogP) is 3.07. The monoisotopic (exact) mass is 380 g/mol. The Kier molecular flexibility index (Phi) is 7.69. The van der Waals surface area contributed by atoms with Crippen molar-refractivity contribution in [1.82, 2.24) is 5.32 Å². The molecule has 0 aromatic heterocycles. The molecular weight excluding hydrogens is 359 g/mol. The van der Waals surface area contributed by atoms with Crippen LogP contribution in [0.5, 0.6) is 11.5 Å². The number of ether oxygens (including phenoxy) is 2. The smallest absolute Gasteiger partial charge is 0.255 e. The second-order valence-corrected chi connectivity index (χ2v) is 6.05. The number of nitrogens with two attached hydrogens (primary N) is 1. The van der Waals surface area contributed by atoms with E-state index in [1.54, 1.807) is 18.2 Å². The second kappa shape index (κ2) is 9.99. The summed E-state index contributed by atoms with van der Waals surface area (Å²) < 4.78 is 23.8. The number of benzene rings is 2. The molecule has 5 nitrogen and oxygen atoms in total. The Morgan fingerprint density at radius 1 is 1.19 bits per heavy atom. The molecule has 0 bridgehead atoms. The first kappa shape index (κ1) is 20.0. The number of nitrogens with one attached hydrogen (secondary N) is 1. The van der Waals surface area contributed by atoms with Crippen LogP contribution in [0.25, 0.3) is 0 Å². The second-order valence-electron chi connectivity index (χ2n) is 5.65. The van der Waals surface area contributed by atoms with Crippen LogP contribution in [0.2, 0.25) is 5.02 Å². The van der Waals surface area contributed by atoms with Crippen LogP contribution < -0.4 is 20.5 Å². The van der Waals surface area contributed by atoms with Crippen molar-refractivity contribution >= 4 is 17.5 Å². The highest BCUT2D eigenvalue weighted by atomic mass is 35.5. The summed E-state index contributed by atoms with van der Waals surface area (Å²) in [6, 6.07) is 10.0. The topological polar surface area (TPSA) is 73.6 Å². The van der Waals surface area contributed by atoms with Crippen molar-refractivity contribution in [3.05, 3.63) is 58.4 Å². The van der Waals surface area contributed by atoms with Gasteiger partial charge in [-0.1, -0.05) is 23.7 Å². The first-order valence-electron chi connectivity index (χ1n) is 8.31. The molecule has 0 radical (unpaired) electrons. The minimum absolute atomic E-state index is 0.238. The number of primary amides is 1. The Morgan fingerprint density at radius 2 is 1.92 bits per heavy atom. The van der Waals surface area contributed by atoms with E-state index >= 15 is 0 Å². The van der Waals surface area contributed by atoms with E-state index in [0.717, 1.165) is 24.1 Å². The van der Waals surface area contributed by atoms with Gasteiger partial charge in [-0.25, -0.2) is 4.39 Å². The van der Waals surface area contributed by atoms with Gasteiger partial charge in [-0.3, -0.25) is 4.79 Å². The number of hydrogen-bond acceptors (Lipinski definition) is 4. The summed E-state index contributed by atoms with van der Waals surface area (Å²) in [6.07, 6.45) is 0.784. The summed E-state index contributed by atoms with van der Waals surface area (Å²) >= 11 is 6.26. The molecule has 2 aromatic rings. The molecule has 7 heteroatoms. The lowest BCUT2D eigenvalue weighted by Crippen LogP contribution is -2.20. The van der Waals surface area contributed by atoms with E-state index in [-0.39, 0.29) is 12.4 Å². The first-order valence-corrected chi connectivity index (χ1v) is 8.69.